The largest absolute Gasteiger partial charge is 0.307 e. The van der Waals surface area contributed by atoms with Gasteiger partial charge in [0.2, 0.25) is 0 Å². The van der Waals surface area contributed by atoms with Crippen LogP contribution in [0, 0.1) is 11.8 Å². The molecule has 1 aromatic carbocycles. The summed E-state index contributed by atoms with van der Waals surface area (Å²) in [6.07, 6.45) is 4.19. The second kappa shape index (κ2) is 6.50. The van der Waals surface area contributed by atoms with Crippen LogP contribution in [0.3, 0.4) is 0 Å². The number of hydrogen-bond acceptors (Lipinski definition) is 2. The molecule has 3 rings (SSSR count). The number of nitrogens with one attached hydrogen (secondary N) is 1. The van der Waals surface area contributed by atoms with Gasteiger partial charge < -0.3 is 5.32 Å². The zero-order valence-corrected chi connectivity index (χ0v) is 13.8. The summed E-state index contributed by atoms with van der Waals surface area (Å²) < 4.78 is 0. The van der Waals surface area contributed by atoms with E-state index in [1.165, 1.54) is 24.8 Å². The van der Waals surface area contributed by atoms with Crippen LogP contribution in [-0.4, -0.2) is 30.1 Å². The molecule has 1 aliphatic carbocycles. The monoisotopic (exact) mass is 286 g/mol. The zero-order chi connectivity index (χ0) is 14.8. The third-order valence-corrected chi connectivity index (χ3v) is 5.44. The molecule has 0 bridgehead atoms. The van der Waals surface area contributed by atoms with Gasteiger partial charge in [-0.1, -0.05) is 44.2 Å². The Balaban J connectivity index is 1.71. The molecular formula is C19H30N2. The molecule has 21 heavy (non-hydrogen) atoms. The molecule has 0 aromatic heterocycles. The first-order valence-corrected chi connectivity index (χ1v) is 8.67. The van der Waals surface area contributed by atoms with E-state index in [1.54, 1.807) is 0 Å². The van der Waals surface area contributed by atoms with E-state index in [1.807, 2.05) is 0 Å². The van der Waals surface area contributed by atoms with Crippen molar-refractivity contribution in [2.24, 2.45) is 11.8 Å². The number of hydrogen-bond donors (Lipinski definition) is 1. The second-order valence-electron chi connectivity index (χ2n) is 7.49. The summed E-state index contributed by atoms with van der Waals surface area (Å²) in [5.74, 6) is 1.77. The molecule has 1 saturated carbocycles. The molecule has 1 saturated heterocycles. The Hall–Kier alpha value is -0.860. The number of benzene rings is 1. The first kappa shape index (κ1) is 15.1. The molecule has 2 aliphatic rings. The average molecular weight is 286 g/mol. The van der Waals surface area contributed by atoms with Crippen molar-refractivity contribution < 1.29 is 0 Å². The Morgan fingerprint density at radius 3 is 2.29 bits per heavy atom. The zero-order valence-electron chi connectivity index (χ0n) is 13.8. The van der Waals surface area contributed by atoms with Crippen molar-refractivity contribution in [3.8, 4) is 0 Å². The Morgan fingerprint density at radius 2 is 1.62 bits per heavy atom. The maximum absolute atomic E-state index is 3.73. The molecule has 4 atom stereocenters. The van der Waals surface area contributed by atoms with Gasteiger partial charge >= 0.3 is 0 Å². The van der Waals surface area contributed by atoms with Gasteiger partial charge in [-0.2, -0.15) is 0 Å². The maximum Gasteiger partial charge on any atom is 0.0450 e. The topological polar surface area (TPSA) is 15.3 Å². The van der Waals surface area contributed by atoms with Crippen LogP contribution in [0.2, 0.25) is 0 Å². The summed E-state index contributed by atoms with van der Waals surface area (Å²) in [5.41, 5.74) is 1.44. The highest BCUT2D eigenvalue weighted by Gasteiger charge is 2.34. The Morgan fingerprint density at radius 1 is 0.952 bits per heavy atom. The van der Waals surface area contributed by atoms with Crippen molar-refractivity contribution in [2.45, 2.75) is 58.2 Å². The van der Waals surface area contributed by atoms with Gasteiger partial charge in [0.1, 0.15) is 0 Å². The first-order valence-electron chi connectivity index (χ1n) is 8.67. The van der Waals surface area contributed by atoms with Gasteiger partial charge in [-0.15, -0.1) is 0 Å². The molecule has 1 N–H and O–H groups in total. The number of piperazine rings is 1. The molecule has 0 radical (unpaired) electrons. The van der Waals surface area contributed by atoms with E-state index < -0.39 is 0 Å². The average Bonchev–Trinajstić information content (AvgIpc) is 2.47. The lowest BCUT2D eigenvalue weighted by molar-refractivity contribution is 0.0449. The van der Waals surface area contributed by atoms with E-state index in [2.05, 4.69) is 61.3 Å². The minimum absolute atomic E-state index is 0.495. The van der Waals surface area contributed by atoms with Crippen LogP contribution in [-0.2, 0) is 0 Å². The molecular weight excluding hydrogens is 256 g/mol. The smallest absolute Gasteiger partial charge is 0.0450 e. The predicted molar refractivity (Wildman–Crippen MR) is 89.3 cm³/mol. The van der Waals surface area contributed by atoms with Crippen molar-refractivity contribution >= 4 is 0 Å². The molecule has 2 nitrogen and oxygen atoms in total. The molecule has 0 amide bonds. The quantitative estimate of drug-likeness (QED) is 0.888. The first-order chi connectivity index (χ1) is 10.1. The fourth-order valence-corrected chi connectivity index (χ4v) is 4.48. The molecule has 2 fully saturated rings. The molecule has 1 aliphatic heterocycles. The van der Waals surface area contributed by atoms with Crippen molar-refractivity contribution in [3.05, 3.63) is 35.9 Å². The summed E-state index contributed by atoms with van der Waals surface area (Å²) in [4.78, 5) is 2.79. The molecule has 2 heteroatoms. The van der Waals surface area contributed by atoms with Crippen LogP contribution in [0.1, 0.15) is 51.6 Å². The van der Waals surface area contributed by atoms with E-state index in [9.17, 15) is 0 Å². The summed E-state index contributed by atoms with van der Waals surface area (Å²) in [6, 6.07) is 12.9. The van der Waals surface area contributed by atoms with Gasteiger partial charge in [0.25, 0.3) is 0 Å². The van der Waals surface area contributed by atoms with Gasteiger partial charge in [-0.3, -0.25) is 4.90 Å². The van der Waals surface area contributed by atoms with E-state index in [0.29, 0.717) is 12.1 Å². The maximum atomic E-state index is 3.73. The van der Waals surface area contributed by atoms with Crippen molar-refractivity contribution in [1.82, 2.24) is 10.2 Å². The van der Waals surface area contributed by atoms with Crippen molar-refractivity contribution in [3.63, 3.8) is 0 Å². The van der Waals surface area contributed by atoms with Crippen LogP contribution < -0.4 is 5.32 Å². The third kappa shape index (κ3) is 3.49. The molecule has 0 spiro atoms. The minimum atomic E-state index is 0.495. The molecule has 1 aromatic rings. The van der Waals surface area contributed by atoms with Crippen molar-refractivity contribution in [1.29, 1.82) is 0 Å². The molecule has 1 heterocycles. The lowest BCUT2D eigenvalue weighted by atomic mass is 9.79. The number of nitrogens with zero attached hydrogens (tertiary/aromatic N) is 1. The van der Waals surface area contributed by atoms with Crippen LogP contribution in [0.25, 0.3) is 0 Å². The van der Waals surface area contributed by atoms with Crippen LogP contribution in [0.5, 0.6) is 0 Å². The summed E-state index contributed by atoms with van der Waals surface area (Å²) in [6.45, 7) is 9.53. The SMILES string of the molecule is CC1CC(C)CC(N2CC(c3ccccc3)NCC2C)C1. The van der Waals surface area contributed by atoms with Crippen LogP contribution in [0.4, 0.5) is 0 Å². The van der Waals surface area contributed by atoms with Gasteiger partial charge in [0, 0.05) is 31.2 Å². The van der Waals surface area contributed by atoms with E-state index in [4.69, 9.17) is 0 Å². The third-order valence-electron chi connectivity index (χ3n) is 5.44. The van der Waals surface area contributed by atoms with Gasteiger partial charge in [0.15, 0.2) is 0 Å². The fraction of sp³-hybridized carbons (Fsp3) is 0.684. The van der Waals surface area contributed by atoms with Crippen LogP contribution >= 0.6 is 0 Å². The van der Waals surface area contributed by atoms with E-state index in [0.717, 1.165) is 31.0 Å². The van der Waals surface area contributed by atoms with E-state index in [-0.39, 0.29) is 0 Å². The Labute approximate surface area is 129 Å². The summed E-state index contributed by atoms with van der Waals surface area (Å²) in [7, 11) is 0. The van der Waals surface area contributed by atoms with Crippen molar-refractivity contribution in [2.75, 3.05) is 13.1 Å². The lowest BCUT2D eigenvalue weighted by Gasteiger charge is -2.47. The minimum Gasteiger partial charge on any atom is -0.307 e. The summed E-state index contributed by atoms with van der Waals surface area (Å²) >= 11 is 0. The van der Waals surface area contributed by atoms with E-state index >= 15 is 0 Å². The molecule has 4 unspecified atom stereocenters. The van der Waals surface area contributed by atoms with Gasteiger partial charge in [0.05, 0.1) is 0 Å². The lowest BCUT2D eigenvalue weighted by Crippen LogP contribution is -2.56. The predicted octanol–water partition coefficient (Wildman–Crippen LogP) is 3.85. The highest BCUT2D eigenvalue weighted by atomic mass is 15.3. The summed E-state index contributed by atoms with van der Waals surface area (Å²) in [5, 5.41) is 3.73. The van der Waals surface area contributed by atoms with Gasteiger partial charge in [-0.05, 0) is 43.6 Å². The Bertz CT molecular complexity index is 434. The molecule has 116 valence electrons. The second-order valence-corrected chi connectivity index (χ2v) is 7.49. The Kier molecular flexibility index (Phi) is 4.66. The normalized spacial score (nSPS) is 38.3. The van der Waals surface area contributed by atoms with Gasteiger partial charge in [-0.25, -0.2) is 0 Å². The fourth-order valence-electron chi connectivity index (χ4n) is 4.48. The highest BCUT2D eigenvalue weighted by Crippen LogP contribution is 2.34. The standard InChI is InChI=1S/C19H30N2/c1-14-9-15(2)11-18(10-14)21-13-19(20-12-16(21)3)17-7-5-4-6-8-17/h4-8,14-16,18-20H,9-13H2,1-3H3. The highest BCUT2D eigenvalue weighted by molar-refractivity contribution is 5.20. The number of rotatable bonds is 2. The van der Waals surface area contributed by atoms with Crippen LogP contribution in [0.15, 0.2) is 30.3 Å².